The zero-order chi connectivity index (χ0) is 15.7. The third kappa shape index (κ3) is 3.92. The van der Waals surface area contributed by atoms with Gasteiger partial charge in [0.15, 0.2) is 5.78 Å². The van der Waals surface area contributed by atoms with Gasteiger partial charge in [0, 0.05) is 11.6 Å². The summed E-state index contributed by atoms with van der Waals surface area (Å²) in [7, 11) is 2.03. The molecule has 1 aromatic rings. The first-order chi connectivity index (χ1) is 9.04. The fraction of sp³-hybridized carbons (Fsp3) is 0.611. The lowest BCUT2D eigenvalue weighted by atomic mass is 9.87. The number of Topliss-reactive ketones (excluding diaryl/α,β-unsaturated/α-hetero) is 1. The van der Waals surface area contributed by atoms with Crippen LogP contribution in [0.3, 0.4) is 0 Å². The second-order valence-electron chi connectivity index (χ2n) is 7.15. The summed E-state index contributed by atoms with van der Waals surface area (Å²) in [6.45, 7) is 15.4. The highest BCUT2D eigenvalue weighted by atomic mass is 16.1. The topological polar surface area (TPSA) is 20.3 Å². The van der Waals surface area contributed by atoms with Crippen molar-refractivity contribution in [1.82, 2.24) is 4.90 Å². The molecule has 0 aliphatic heterocycles. The van der Waals surface area contributed by atoms with E-state index in [4.69, 9.17) is 0 Å². The van der Waals surface area contributed by atoms with Crippen LogP contribution in [-0.2, 0) is 0 Å². The van der Waals surface area contributed by atoms with E-state index in [9.17, 15) is 4.79 Å². The molecule has 0 spiro atoms. The van der Waals surface area contributed by atoms with Crippen molar-refractivity contribution in [2.75, 3.05) is 13.6 Å². The van der Waals surface area contributed by atoms with Gasteiger partial charge in [0.1, 0.15) is 0 Å². The van der Waals surface area contributed by atoms with Crippen LogP contribution in [0.5, 0.6) is 0 Å². The molecule has 0 heterocycles. The monoisotopic (exact) mass is 275 g/mol. The molecule has 0 bridgehead atoms. The van der Waals surface area contributed by atoms with Crippen molar-refractivity contribution in [2.45, 2.75) is 54.5 Å². The highest BCUT2D eigenvalue weighted by Gasteiger charge is 2.26. The van der Waals surface area contributed by atoms with Gasteiger partial charge in [-0.2, -0.15) is 0 Å². The standard InChI is InChI=1S/C18H29NO/c1-12-9-13(2)17(14(3)10-12)16(20)11-19(8)15(4)18(5,6)7/h9-10,15H,11H2,1-8H3. The van der Waals surface area contributed by atoms with Crippen LogP contribution in [0.1, 0.15) is 54.7 Å². The molecule has 112 valence electrons. The van der Waals surface area contributed by atoms with Crippen LogP contribution in [-0.4, -0.2) is 30.3 Å². The maximum atomic E-state index is 12.6. The minimum absolute atomic E-state index is 0.173. The Bertz CT molecular complexity index is 474. The van der Waals surface area contributed by atoms with Crippen molar-refractivity contribution >= 4 is 5.78 Å². The van der Waals surface area contributed by atoms with Crippen molar-refractivity contribution in [2.24, 2.45) is 5.41 Å². The van der Waals surface area contributed by atoms with Gasteiger partial charge < -0.3 is 0 Å². The van der Waals surface area contributed by atoms with Crippen LogP contribution >= 0.6 is 0 Å². The van der Waals surface area contributed by atoms with Crippen molar-refractivity contribution in [3.8, 4) is 0 Å². The van der Waals surface area contributed by atoms with Gasteiger partial charge in [-0.15, -0.1) is 0 Å². The third-order valence-electron chi connectivity index (χ3n) is 4.26. The Balaban J connectivity index is 2.93. The van der Waals surface area contributed by atoms with Gasteiger partial charge in [0.2, 0.25) is 0 Å². The van der Waals surface area contributed by atoms with Gasteiger partial charge in [0.05, 0.1) is 6.54 Å². The average Bonchev–Trinajstić information content (AvgIpc) is 2.24. The molecule has 0 aliphatic rings. The van der Waals surface area contributed by atoms with E-state index in [1.165, 1.54) is 5.56 Å². The Morgan fingerprint density at radius 1 is 1.15 bits per heavy atom. The van der Waals surface area contributed by atoms with Crippen LogP contribution in [0.2, 0.25) is 0 Å². The Labute approximate surface area is 124 Å². The number of nitrogens with zero attached hydrogens (tertiary/aromatic N) is 1. The molecule has 0 amide bonds. The summed E-state index contributed by atoms with van der Waals surface area (Å²) in [5.41, 5.74) is 4.46. The lowest BCUT2D eigenvalue weighted by molar-refractivity contribution is 0.0852. The number of carbonyl (C=O) groups excluding carboxylic acids is 1. The van der Waals surface area contributed by atoms with Gasteiger partial charge in [-0.3, -0.25) is 9.69 Å². The molecule has 2 nitrogen and oxygen atoms in total. The van der Waals surface area contributed by atoms with Crippen molar-refractivity contribution in [1.29, 1.82) is 0 Å². The van der Waals surface area contributed by atoms with E-state index in [1.807, 2.05) is 20.9 Å². The van der Waals surface area contributed by atoms with E-state index in [2.05, 4.69) is 51.7 Å². The molecule has 0 aliphatic carbocycles. The van der Waals surface area contributed by atoms with Crippen LogP contribution in [0, 0.1) is 26.2 Å². The summed E-state index contributed by atoms with van der Waals surface area (Å²) in [5.74, 6) is 0.221. The first-order valence-electron chi connectivity index (χ1n) is 7.35. The highest BCUT2D eigenvalue weighted by molar-refractivity contribution is 6.00. The Kier molecular flexibility index (Phi) is 5.15. The zero-order valence-electron chi connectivity index (χ0n) is 14.3. The Morgan fingerprint density at radius 2 is 1.60 bits per heavy atom. The molecule has 0 N–H and O–H groups in total. The van der Waals surface area contributed by atoms with Crippen LogP contribution in [0.25, 0.3) is 0 Å². The van der Waals surface area contributed by atoms with Gasteiger partial charge in [-0.25, -0.2) is 0 Å². The van der Waals surface area contributed by atoms with E-state index in [-0.39, 0.29) is 11.2 Å². The first-order valence-corrected chi connectivity index (χ1v) is 7.35. The number of aryl methyl sites for hydroxylation is 3. The third-order valence-corrected chi connectivity index (χ3v) is 4.26. The smallest absolute Gasteiger partial charge is 0.177 e. The van der Waals surface area contributed by atoms with E-state index in [1.54, 1.807) is 0 Å². The molecular weight excluding hydrogens is 246 g/mol. The molecule has 1 atom stereocenters. The lowest BCUT2D eigenvalue weighted by Gasteiger charge is -2.35. The summed E-state index contributed by atoms with van der Waals surface area (Å²) in [6.07, 6.45) is 0. The molecule has 0 saturated carbocycles. The SMILES string of the molecule is Cc1cc(C)c(C(=O)CN(C)C(C)C(C)(C)C)c(C)c1. The maximum absolute atomic E-state index is 12.6. The summed E-state index contributed by atoms with van der Waals surface area (Å²) in [6, 6.07) is 4.54. The average molecular weight is 275 g/mol. The summed E-state index contributed by atoms with van der Waals surface area (Å²) in [5, 5.41) is 0. The molecule has 1 rings (SSSR count). The van der Waals surface area contributed by atoms with Crippen LogP contribution < -0.4 is 0 Å². The van der Waals surface area contributed by atoms with Crippen molar-refractivity contribution in [3.05, 3.63) is 34.4 Å². The number of carbonyl (C=O) groups is 1. The molecule has 20 heavy (non-hydrogen) atoms. The van der Waals surface area contributed by atoms with Gasteiger partial charge >= 0.3 is 0 Å². The lowest BCUT2D eigenvalue weighted by Crippen LogP contribution is -2.42. The predicted molar refractivity (Wildman–Crippen MR) is 86.5 cm³/mol. The van der Waals surface area contributed by atoms with Gasteiger partial charge in [-0.1, -0.05) is 38.5 Å². The normalized spacial score (nSPS) is 13.7. The second-order valence-corrected chi connectivity index (χ2v) is 7.15. The fourth-order valence-electron chi connectivity index (χ4n) is 2.72. The Morgan fingerprint density at radius 3 is 2.00 bits per heavy atom. The molecular formula is C18H29NO. The zero-order valence-corrected chi connectivity index (χ0v) is 14.3. The van der Waals surface area contributed by atoms with E-state index in [0.717, 1.165) is 16.7 Å². The molecule has 1 aromatic carbocycles. The second kappa shape index (κ2) is 6.09. The first kappa shape index (κ1) is 16.9. The largest absolute Gasteiger partial charge is 0.296 e. The molecule has 0 radical (unpaired) electrons. The van der Waals surface area contributed by atoms with Gasteiger partial charge in [0.25, 0.3) is 0 Å². The summed E-state index contributed by atoms with van der Waals surface area (Å²) in [4.78, 5) is 14.8. The summed E-state index contributed by atoms with van der Waals surface area (Å²) >= 11 is 0. The number of ketones is 1. The van der Waals surface area contributed by atoms with Crippen molar-refractivity contribution < 1.29 is 4.79 Å². The predicted octanol–water partition coefficient (Wildman–Crippen LogP) is 4.16. The molecule has 1 unspecified atom stereocenters. The number of benzene rings is 1. The molecule has 2 heteroatoms. The van der Waals surface area contributed by atoms with E-state index < -0.39 is 0 Å². The quantitative estimate of drug-likeness (QED) is 0.769. The Hall–Kier alpha value is -1.15. The van der Waals surface area contributed by atoms with E-state index >= 15 is 0 Å². The van der Waals surface area contributed by atoms with Gasteiger partial charge in [-0.05, 0) is 51.3 Å². The van der Waals surface area contributed by atoms with Crippen molar-refractivity contribution in [3.63, 3.8) is 0 Å². The molecule has 0 saturated heterocycles. The van der Waals surface area contributed by atoms with Crippen LogP contribution in [0.15, 0.2) is 12.1 Å². The minimum Gasteiger partial charge on any atom is -0.296 e. The fourth-order valence-corrected chi connectivity index (χ4v) is 2.72. The minimum atomic E-state index is 0.173. The number of rotatable bonds is 4. The maximum Gasteiger partial charge on any atom is 0.177 e. The highest BCUT2D eigenvalue weighted by Crippen LogP contribution is 2.24. The molecule has 0 fully saturated rings. The number of hydrogen-bond donors (Lipinski definition) is 0. The van der Waals surface area contributed by atoms with E-state index in [0.29, 0.717) is 12.6 Å². The number of likely N-dealkylation sites (N-methyl/N-ethyl adjacent to an activating group) is 1. The molecule has 0 aromatic heterocycles. The number of hydrogen-bond acceptors (Lipinski definition) is 2. The van der Waals surface area contributed by atoms with Crippen LogP contribution in [0.4, 0.5) is 0 Å². The summed E-state index contributed by atoms with van der Waals surface area (Å²) < 4.78 is 0.